The fraction of sp³-hybridized carbons (Fsp3) is 0.588. The molecule has 1 aromatic carbocycles. The Kier molecular flexibility index (Phi) is 6.33. The lowest BCUT2D eigenvalue weighted by Crippen LogP contribution is -2.40. The monoisotopic (exact) mass is 327 g/mol. The van der Waals surface area contributed by atoms with Crippen LogP contribution >= 0.6 is 0 Å². The van der Waals surface area contributed by atoms with E-state index in [-0.39, 0.29) is 32.0 Å². The van der Waals surface area contributed by atoms with Crippen molar-refractivity contribution in [3.63, 3.8) is 0 Å². The summed E-state index contributed by atoms with van der Waals surface area (Å²) in [5.41, 5.74) is 0.873. The fourth-order valence-electron chi connectivity index (χ4n) is 2.85. The predicted molar refractivity (Wildman–Crippen MR) is 82.2 cm³/mol. The van der Waals surface area contributed by atoms with E-state index in [1.54, 1.807) is 0 Å². The van der Waals surface area contributed by atoms with E-state index in [9.17, 15) is 18.7 Å². The van der Waals surface area contributed by atoms with Gasteiger partial charge in [-0.3, -0.25) is 0 Å². The fourth-order valence-corrected chi connectivity index (χ4v) is 2.85. The van der Waals surface area contributed by atoms with E-state index >= 15 is 0 Å². The molecular weight excluding hydrogens is 304 g/mol. The second kappa shape index (κ2) is 8.24. The molecule has 0 radical (unpaired) electrons. The molecule has 1 fully saturated rings. The van der Waals surface area contributed by atoms with E-state index in [0.717, 1.165) is 5.56 Å². The zero-order valence-corrected chi connectivity index (χ0v) is 13.0. The van der Waals surface area contributed by atoms with Crippen molar-refractivity contribution < 1.29 is 23.4 Å². The van der Waals surface area contributed by atoms with Gasteiger partial charge in [-0.25, -0.2) is 13.6 Å². The van der Waals surface area contributed by atoms with E-state index < -0.39 is 18.1 Å². The first kappa shape index (κ1) is 17.7. The highest BCUT2D eigenvalue weighted by atomic mass is 19.3. The zero-order valence-electron chi connectivity index (χ0n) is 13.0. The standard InChI is InChI=1S/C17H23F2NO3/c18-17(19)8-6-13(7-9-17)10-15(11-21)20-16(22)23-12-14-4-2-1-3-5-14/h1-5,13,15,21H,6-12H2,(H,20,22). The molecule has 0 saturated heterocycles. The molecule has 0 spiro atoms. The normalized spacial score (nSPS) is 19.1. The maximum Gasteiger partial charge on any atom is 0.407 e. The van der Waals surface area contributed by atoms with Crippen molar-refractivity contribution >= 4 is 6.09 Å². The van der Waals surface area contributed by atoms with Crippen LogP contribution in [-0.4, -0.2) is 29.8 Å². The van der Waals surface area contributed by atoms with Gasteiger partial charge in [0.05, 0.1) is 12.6 Å². The van der Waals surface area contributed by atoms with Crippen molar-refractivity contribution in [2.24, 2.45) is 5.92 Å². The third-order valence-electron chi connectivity index (χ3n) is 4.21. The van der Waals surface area contributed by atoms with E-state index in [0.29, 0.717) is 19.3 Å². The van der Waals surface area contributed by atoms with Crippen LogP contribution in [0.15, 0.2) is 30.3 Å². The number of hydrogen-bond donors (Lipinski definition) is 2. The van der Waals surface area contributed by atoms with Crippen LogP contribution in [-0.2, 0) is 11.3 Å². The summed E-state index contributed by atoms with van der Waals surface area (Å²) in [6.45, 7) is -0.0756. The smallest absolute Gasteiger partial charge is 0.407 e. The maximum absolute atomic E-state index is 13.1. The van der Waals surface area contributed by atoms with Crippen LogP contribution in [0, 0.1) is 5.92 Å². The van der Waals surface area contributed by atoms with Gasteiger partial charge in [0.25, 0.3) is 0 Å². The van der Waals surface area contributed by atoms with Gasteiger partial charge in [0.1, 0.15) is 6.61 Å². The topological polar surface area (TPSA) is 58.6 Å². The average molecular weight is 327 g/mol. The Morgan fingerprint density at radius 3 is 2.57 bits per heavy atom. The Balaban J connectivity index is 1.72. The second-order valence-corrected chi connectivity index (χ2v) is 6.12. The molecule has 128 valence electrons. The molecule has 1 unspecified atom stereocenters. The Morgan fingerprint density at radius 1 is 1.30 bits per heavy atom. The molecule has 0 aliphatic heterocycles. The third kappa shape index (κ3) is 6.14. The van der Waals surface area contributed by atoms with Crippen molar-refractivity contribution in [1.82, 2.24) is 5.32 Å². The summed E-state index contributed by atoms with van der Waals surface area (Å²) < 4.78 is 31.4. The van der Waals surface area contributed by atoms with Crippen LogP contribution in [0.4, 0.5) is 13.6 Å². The number of alkyl carbamates (subject to hydrolysis) is 1. The number of amides is 1. The molecule has 1 saturated carbocycles. The van der Waals surface area contributed by atoms with Gasteiger partial charge in [-0.05, 0) is 30.7 Å². The molecule has 1 atom stereocenters. The largest absolute Gasteiger partial charge is 0.445 e. The molecule has 0 heterocycles. The minimum atomic E-state index is -2.56. The molecular formula is C17H23F2NO3. The maximum atomic E-state index is 13.1. The van der Waals surface area contributed by atoms with Gasteiger partial charge in [-0.1, -0.05) is 30.3 Å². The minimum absolute atomic E-state index is 0.0983. The van der Waals surface area contributed by atoms with Crippen LogP contribution in [0.3, 0.4) is 0 Å². The number of aliphatic hydroxyl groups excluding tert-OH is 1. The lowest BCUT2D eigenvalue weighted by Gasteiger charge is -2.30. The van der Waals surface area contributed by atoms with Crippen LogP contribution in [0.25, 0.3) is 0 Å². The molecule has 23 heavy (non-hydrogen) atoms. The summed E-state index contributed by atoms with van der Waals surface area (Å²) >= 11 is 0. The highest BCUT2D eigenvalue weighted by Gasteiger charge is 2.35. The number of hydrogen-bond acceptors (Lipinski definition) is 3. The van der Waals surface area contributed by atoms with Crippen LogP contribution < -0.4 is 5.32 Å². The van der Waals surface area contributed by atoms with Gasteiger partial charge in [0, 0.05) is 12.8 Å². The molecule has 1 aliphatic rings. The molecule has 2 N–H and O–H groups in total. The number of benzene rings is 1. The number of halogens is 2. The average Bonchev–Trinajstić information content (AvgIpc) is 2.55. The summed E-state index contributed by atoms with van der Waals surface area (Å²) in [6.07, 6.45) is 0.498. The number of alkyl halides is 2. The second-order valence-electron chi connectivity index (χ2n) is 6.12. The number of aliphatic hydroxyl groups is 1. The van der Waals surface area contributed by atoms with E-state index in [4.69, 9.17) is 4.74 Å². The van der Waals surface area contributed by atoms with Crippen LogP contribution in [0.5, 0.6) is 0 Å². The van der Waals surface area contributed by atoms with Gasteiger partial charge >= 0.3 is 6.09 Å². The van der Waals surface area contributed by atoms with Crippen molar-refractivity contribution in [2.45, 2.75) is 50.7 Å². The first-order valence-corrected chi connectivity index (χ1v) is 7.94. The Morgan fingerprint density at radius 2 is 1.96 bits per heavy atom. The quantitative estimate of drug-likeness (QED) is 0.841. The number of nitrogens with one attached hydrogen (secondary N) is 1. The summed E-state index contributed by atoms with van der Waals surface area (Å²) in [5.74, 6) is -2.46. The van der Waals surface area contributed by atoms with E-state index in [1.165, 1.54) is 0 Å². The van der Waals surface area contributed by atoms with Gasteiger partial charge in [0.2, 0.25) is 5.92 Å². The molecule has 0 aromatic heterocycles. The number of ether oxygens (including phenoxy) is 1. The Labute approximate surface area is 134 Å². The number of carbonyl (C=O) groups excluding carboxylic acids is 1. The zero-order chi connectivity index (χ0) is 16.7. The van der Waals surface area contributed by atoms with Crippen molar-refractivity contribution in [1.29, 1.82) is 0 Å². The van der Waals surface area contributed by atoms with Crippen LogP contribution in [0.2, 0.25) is 0 Å². The van der Waals surface area contributed by atoms with Crippen LogP contribution in [0.1, 0.15) is 37.7 Å². The minimum Gasteiger partial charge on any atom is -0.445 e. The SMILES string of the molecule is O=C(NC(CO)CC1CCC(F)(F)CC1)OCc1ccccc1. The highest BCUT2D eigenvalue weighted by molar-refractivity contribution is 5.67. The first-order chi connectivity index (χ1) is 11.0. The lowest BCUT2D eigenvalue weighted by atomic mass is 9.83. The summed E-state index contributed by atoms with van der Waals surface area (Å²) in [4.78, 5) is 11.8. The van der Waals surface area contributed by atoms with Gasteiger partial charge in [-0.2, -0.15) is 0 Å². The summed E-state index contributed by atoms with van der Waals surface area (Å²) in [7, 11) is 0. The first-order valence-electron chi connectivity index (χ1n) is 7.94. The Bertz CT molecular complexity index is 486. The molecule has 0 bridgehead atoms. The van der Waals surface area contributed by atoms with Crippen molar-refractivity contribution in [3.8, 4) is 0 Å². The third-order valence-corrected chi connectivity index (χ3v) is 4.21. The van der Waals surface area contributed by atoms with Crippen molar-refractivity contribution in [3.05, 3.63) is 35.9 Å². The molecule has 6 heteroatoms. The van der Waals surface area contributed by atoms with Gasteiger partial charge in [-0.15, -0.1) is 0 Å². The Hall–Kier alpha value is -1.69. The molecule has 1 amide bonds. The van der Waals surface area contributed by atoms with E-state index in [2.05, 4.69) is 5.32 Å². The molecule has 1 aliphatic carbocycles. The van der Waals surface area contributed by atoms with Gasteiger partial charge in [0.15, 0.2) is 0 Å². The van der Waals surface area contributed by atoms with E-state index in [1.807, 2.05) is 30.3 Å². The number of carbonyl (C=O) groups is 1. The van der Waals surface area contributed by atoms with Crippen molar-refractivity contribution in [2.75, 3.05) is 6.61 Å². The lowest BCUT2D eigenvalue weighted by molar-refractivity contribution is -0.0478. The number of rotatable bonds is 6. The molecule has 1 aromatic rings. The molecule has 4 nitrogen and oxygen atoms in total. The highest BCUT2D eigenvalue weighted by Crippen LogP contribution is 2.37. The summed E-state index contributed by atoms with van der Waals surface area (Å²) in [6, 6.07) is 8.81. The molecule has 2 rings (SSSR count). The predicted octanol–water partition coefficient (Wildman–Crippen LogP) is 3.49. The summed E-state index contributed by atoms with van der Waals surface area (Å²) in [5, 5.41) is 12.0. The van der Waals surface area contributed by atoms with Gasteiger partial charge < -0.3 is 15.2 Å².